The molecule has 0 bridgehead atoms. The topological polar surface area (TPSA) is 114 Å². The van der Waals surface area contributed by atoms with E-state index in [2.05, 4.69) is 0 Å². The van der Waals surface area contributed by atoms with Gasteiger partial charge in [-0.3, -0.25) is 0 Å². The fourth-order valence-electron chi connectivity index (χ4n) is 4.64. The summed E-state index contributed by atoms with van der Waals surface area (Å²) in [5, 5.41) is 20.0. The first-order valence-electron chi connectivity index (χ1n) is 11.0. The molecule has 3 rings (SSSR count). The second-order valence-corrected chi connectivity index (χ2v) is 8.56. The minimum atomic E-state index is -0.872. The maximum atomic E-state index is 10.2. The van der Waals surface area contributed by atoms with Crippen LogP contribution < -0.4 is 0 Å². The van der Waals surface area contributed by atoms with E-state index in [0.717, 1.165) is 0 Å². The summed E-state index contributed by atoms with van der Waals surface area (Å²) in [4.78, 5) is 0. The van der Waals surface area contributed by atoms with Gasteiger partial charge >= 0.3 is 0 Å². The van der Waals surface area contributed by atoms with E-state index in [0.29, 0.717) is 19.3 Å². The number of hydrogen-bond acceptors (Lipinski definition) is 10. The Morgan fingerprint density at radius 1 is 0.613 bits per heavy atom. The molecule has 3 fully saturated rings. The SMILES string of the molecule is CO[C@@H]1C[C@H](O[C@H]2[C@H](C)O[C@H](O[C@H]3[C@H](C)OC(O)C[C@H]3OC)C[C@H]2OC)O[C@H](C)[C@H]1O. The minimum absolute atomic E-state index is 0.285. The van der Waals surface area contributed by atoms with Crippen LogP contribution in [-0.4, -0.2) is 105 Å². The number of ether oxygens (including phenoxy) is 8. The zero-order valence-electron chi connectivity index (χ0n) is 19.2. The molecule has 182 valence electrons. The van der Waals surface area contributed by atoms with Gasteiger partial charge in [-0.2, -0.15) is 0 Å². The predicted octanol–water partition coefficient (Wildman–Crippen LogP) is 0.560. The van der Waals surface area contributed by atoms with Crippen molar-refractivity contribution in [2.75, 3.05) is 21.3 Å². The second-order valence-electron chi connectivity index (χ2n) is 8.56. The molecule has 0 saturated carbocycles. The van der Waals surface area contributed by atoms with Crippen molar-refractivity contribution in [1.29, 1.82) is 0 Å². The average Bonchev–Trinajstić information content (AvgIpc) is 2.73. The molecule has 3 saturated heterocycles. The van der Waals surface area contributed by atoms with Gasteiger partial charge in [0.1, 0.15) is 18.3 Å². The first kappa shape index (κ1) is 25.2. The van der Waals surface area contributed by atoms with Gasteiger partial charge in [-0.15, -0.1) is 0 Å². The van der Waals surface area contributed by atoms with Crippen LogP contribution in [0.2, 0.25) is 0 Å². The van der Waals surface area contributed by atoms with Crippen molar-refractivity contribution in [3.05, 3.63) is 0 Å². The molecule has 0 spiro atoms. The van der Waals surface area contributed by atoms with Gasteiger partial charge in [0.2, 0.25) is 0 Å². The monoisotopic (exact) mass is 450 g/mol. The quantitative estimate of drug-likeness (QED) is 0.570. The van der Waals surface area contributed by atoms with Crippen LogP contribution in [0.15, 0.2) is 0 Å². The second kappa shape index (κ2) is 11.1. The van der Waals surface area contributed by atoms with E-state index in [9.17, 15) is 10.2 Å². The molecule has 10 heteroatoms. The van der Waals surface area contributed by atoms with Crippen LogP contribution in [0.4, 0.5) is 0 Å². The molecule has 0 aromatic rings. The third-order valence-electron chi connectivity index (χ3n) is 6.43. The van der Waals surface area contributed by atoms with E-state index >= 15 is 0 Å². The summed E-state index contributed by atoms with van der Waals surface area (Å²) >= 11 is 0. The third kappa shape index (κ3) is 5.94. The van der Waals surface area contributed by atoms with Crippen molar-refractivity contribution < 1.29 is 48.1 Å². The van der Waals surface area contributed by atoms with Crippen LogP contribution in [0.25, 0.3) is 0 Å². The lowest BCUT2D eigenvalue weighted by Crippen LogP contribution is -2.56. The molecule has 0 aromatic heterocycles. The molecule has 3 aliphatic rings. The Hall–Kier alpha value is -0.400. The molecule has 12 atom stereocenters. The van der Waals surface area contributed by atoms with Crippen molar-refractivity contribution in [3.63, 3.8) is 0 Å². The molecule has 10 nitrogen and oxygen atoms in total. The van der Waals surface area contributed by atoms with Crippen LogP contribution in [0.5, 0.6) is 0 Å². The molecule has 0 aliphatic carbocycles. The molecule has 0 aromatic carbocycles. The summed E-state index contributed by atoms with van der Waals surface area (Å²) in [5.41, 5.74) is 0. The highest BCUT2D eigenvalue weighted by Crippen LogP contribution is 2.33. The Kier molecular flexibility index (Phi) is 9.07. The number of methoxy groups -OCH3 is 3. The Labute approximate surface area is 184 Å². The summed E-state index contributed by atoms with van der Waals surface area (Å²) < 4.78 is 46.4. The van der Waals surface area contributed by atoms with Crippen LogP contribution in [0.3, 0.4) is 0 Å². The molecule has 31 heavy (non-hydrogen) atoms. The van der Waals surface area contributed by atoms with Gasteiger partial charge in [0.25, 0.3) is 0 Å². The van der Waals surface area contributed by atoms with E-state index in [4.69, 9.17) is 37.9 Å². The zero-order valence-corrected chi connectivity index (χ0v) is 19.2. The Morgan fingerprint density at radius 3 is 1.61 bits per heavy atom. The first-order chi connectivity index (χ1) is 14.8. The van der Waals surface area contributed by atoms with Gasteiger partial charge in [0.05, 0.1) is 36.6 Å². The number of aliphatic hydroxyl groups is 2. The summed E-state index contributed by atoms with van der Waals surface area (Å²) in [6, 6.07) is 0. The molecule has 1 unspecified atom stereocenters. The molecule has 3 heterocycles. The highest BCUT2D eigenvalue weighted by molar-refractivity contribution is 4.88. The van der Waals surface area contributed by atoms with Gasteiger partial charge in [0, 0.05) is 40.6 Å². The third-order valence-corrected chi connectivity index (χ3v) is 6.43. The van der Waals surface area contributed by atoms with Gasteiger partial charge in [0.15, 0.2) is 18.9 Å². The largest absolute Gasteiger partial charge is 0.388 e. The minimum Gasteiger partial charge on any atom is -0.388 e. The molecule has 0 radical (unpaired) electrons. The summed E-state index contributed by atoms with van der Waals surface area (Å²) in [5.74, 6) is 0. The normalized spacial score (nSPS) is 49.2. The molecule has 0 amide bonds. The van der Waals surface area contributed by atoms with Gasteiger partial charge < -0.3 is 48.1 Å². The van der Waals surface area contributed by atoms with Crippen LogP contribution in [0, 0.1) is 0 Å². The lowest BCUT2D eigenvalue weighted by Gasteiger charge is -2.45. The maximum absolute atomic E-state index is 10.2. The van der Waals surface area contributed by atoms with Gasteiger partial charge in [-0.05, 0) is 20.8 Å². The fourth-order valence-corrected chi connectivity index (χ4v) is 4.64. The van der Waals surface area contributed by atoms with Crippen LogP contribution in [-0.2, 0) is 37.9 Å². The lowest BCUT2D eigenvalue weighted by molar-refractivity contribution is -0.334. The molecule has 3 aliphatic heterocycles. The average molecular weight is 451 g/mol. The first-order valence-corrected chi connectivity index (χ1v) is 11.0. The van der Waals surface area contributed by atoms with Crippen molar-refractivity contribution in [2.24, 2.45) is 0 Å². The van der Waals surface area contributed by atoms with E-state index in [1.807, 2.05) is 13.8 Å². The fraction of sp³-hybridized carbons (Fsp3) is 1.00. The standard InChI is InChI=1S/C21H38O10/c1-10-19(23)13(24-4)8-17(28-10)30-21-12(3)29-18(9-15(21)26-6)31-20-11(2)27-16(22)7-14(20)25-5/h10-23H,7-9H2,1-6H3/t10-,11+,12+,13-,14-,15-,16?,17+,18-,19-,20+,21+/m1/s1. The maximum Gasteiger partial charge on any atom is 0.161 e. The highest BCUT2D eigenvalue weighted by atomic mass is 16.7. The summed E-state index contributed by atoms with van der Waals surface area (Å²) in [6.45, 7) is 5.54. The molecule has 2 N–H and O–H groups in total. The van der Waals surface area contributed by atoms with Gasteiger partial charge in [-0.1, -0.05) is 0 Å². The number of aliphatic hydroxyl groups excluding tert-OH is 2. The summed E-state index contributed by atoms with van der Waals surface area (Å²) in [7, 11) is 4.79. The molecular weight excluding hydrogens is 412 g/mol. The Bertz CT molecular complexity index is 550. The lowest BCUT2D eigenvalue weighted by atomic mass is 9.99. The van der Waals surface area contributed by atoms with E-state index in [-0.39, 0.29) is 42.7 Å². The Balaban J connectivity index is 1.60. The van der Waals surface area contributed by atoms with Crippen molar-refractivity contribution >= 4 is 0 Å². The predicted molar refractivity (Wildman–Crippen MR) is 107 cm³/mol. The van der Waals surface area contributed by atoms with Crippen molar-refractivity contribution in [3.8, 4) is 0 Å². The Morgan fingerprint density at radius 2 is 1.06 bits per heavy atom. The van der Waals surface area contributed by atoms with Crippen molar-refractivity contribution in [1.82, 2.24) is 0 Å². The highest BCUT2D eigenvalue weighted by Gasteiger charge is 2.45. The van der Waals surface area contributed by atoms with E-state index in [1.165, 1.54) is 0 Å². The van der Waals surface area contributed by atoms with Gasteiger partial charge in [-0.25, -0.2) is 0 Å². The number of hydrogen-bond donors (Lipinski definition) is 2. The number of rotatable bonds is 7. The summed E-state index contributed by atoms with van der Waals surface area (Å²) in [6.07, 6.45) is -4.26. The zero-order chi connectivity index (χ0) is 22.7. The molecular formula is C21H38O10. The van der Waals surface area contributed by atoms with Crippen molar-refractivity contribution in [2.45, 2.75) is 114 Å². The van der Waals surface area contributed by atoms with E-state index < -0.39 is 31.1 Å². The smallest absolute Gasteiger partial charge is 0.161 e. The van der Waals surface area contributed by atoms with E-state index in [1.54, 1.807) is 28.3 Å². The van der Waals surface area contributed by atoms with Crippen LogP contribution in [0.1, 0.15) is 40.0 Å². The van der Waals surface area contributed by atoms with Crippen LogP contribution >= 0.6 is 0 Å².